The van der Waals surface area contributed by atoms with Crippen LogP contribution >= 0.6 is 11.8 Å². The fourth-order valence-electron chi connectivity index (χ4n) is 2.14. The van der Waals surface area contributed by atoms with Gasteiger partial charge in [0.25, 0.3) is 0 Å². The molecule has 0 radical (unpaired) electrons. The van der Waals surface area contributed by atoms with Gasteiger partial charge in [0.2, 0.25) is 0 Å². The van der Waals surface area contributed by atoms with Gasteiger partial charge in [-0.15, -0.1) is 11.8 Å². The molecular weight excluding hydrogens is 230 g/mol. The second-order valence-corrected chi connectivity index (χ2v) is 5.51. The number of aliphatic hydroxyl groups excluding tert-OH is 1. The van der Waals surface area contributed by atoms with Crippen molar-refractivity contribution in [1.82, 2.24) is 5.32 Å². The third-order valence-corrected chi connectivity index (χ3v) is 4.02. The van der Waals surface area contributed by atoms with Gasteiger partial charge in [0.1, 0.15) is 0 Å². The molecule has 2 atom stereocenters. The zero-order valence-electron chi connectivity index (χ0n) is 11.1. The summed E-state index contributed by atoms with van der Waals surface area (Å²) in [6, 6.07) is 8.80. The van der Waals surface area contributed by atoms with Crippen molar-refractivity contribution in [2.24, 2.45) is 11.8 Å². The molecule has 0 spiro atoms. The van der Waals surface area contributed by atoms with Gasteiger partial charge in [-0.25, -0.2) is 0 Å². The number of aliphatic hydroxyl groups is 1. The van der Waals surface area contributed by atoms with Gasteiger partial charge < -0.3 is 10.4 Å². The third kappa shape index (κ3) is 3.73. The van der Waals surface area contributed by atoms with E-state index in [1.807, 2.05) is 7.05 Å². The maximum absolute atomic E-state index is 9.52. The van der Waals surface area contributed by atoms with Crippen molar-refractivity contribution in [2.75, 3.05) is 19.9 Å². The molecule has 17 heavy (non-hydrogen) atoms. The number of nitrogens with one attached hydrogen (secondary N) is 1. The van der Waals surface area contributed by atoms with Crippen LogP contribution in [0.25, 0.3) is 0 Å². The monoisotopic (exact) mass is 253 g/mol. The van der Waals surface area contributed by atoms with E-state index < -0.39 is 0 Å². The predicted molar refractivity (Wildman–Crippen MR) is 75.4 cm³/mol. The third-order valence-electron chi connectivity index (χ3n) is 3.28. The summed E-state index contributed by atoms with van der Waals surface area (Å²) in [5.74, 6) is 0.706. The SMILES string of the molecule is CNC(c1ccc(SC)cc1)C(CO)C(C)C. The molecule has 0 aliphatic heterocycles. The summed E-state index contributed by atoms with van der Waals surface area (Å²) < 4.78 is 0. The van der Waals surface area contributed by atoms with E-state index in [2.05, 4.69) is 49.7 Å². The molecule has 2 N–H and O–H groups in total. The Morgan fingerprint density at radius 2 is 1.82 bits per heavy atom. The van der Waals surface area contributed by atoms with Crippen LogP contribution in [0.15, 0.2) is 29.2 Å². The van der Waals surface area contributed by atoms with Crippen molar-refractivity contribution in [2.45, 2.75) is 24.8 Å². The summed E-state index contributed by atoms with van der Waals surface area (Å²) in [6.07, 6.45) is 2.08. The van der Waals surface area contributed by atoms with Gasteiger partial charge in [-0.3, -0.25) is 0 Å². The Balaban J connectivity index is 2.91. The van der Waals surface area contributed by atoms with Crippen LogP contribution in [0.5, 0.6) is 0 Å². The van der Waals surface area contributed by atoms with E-state index in [1.54, 1.807) is 11.8 Å². The first-order chi connectivity index (χ1) is 8.13. The van der Waals surface area contributed by atoms with E-state index in [1.165, 1.54) is 10.5 Å². The molecule has 0 aliphatic rings. The lowest BCUT2D eigenvalue weighted by atomic mass is 9.85. The van der Waals surface area contributed by atoms with Gasteiger partial charge in [-0.2, -0.15) is 0 Å². The highest BCUT2D eigenvalue weighted by atomic mass is 32.2. The van der Waals surface area contributed by atoms with E-state index >= 15 is 0 Å². The van der Waals surface area contributed by atoms with Crippen LogP contribution in [0.2, 0.25) is 0 Å². The molecule has 96 valence electrons. The van der Waals surface area contributed by atoms with Crippen molar-refractivity contribution < 1.29 is 5.11 Å². The zero-order valence-corrected chi connectivity index (χ0v) is 11.9. The summed E-state index contributed by atoms with van der Waals surface area (Å²) in [6.45, 7) is 4.52. The van der Waals surface area contributed by atoms with Crippen LogP contribution in [-0.4, -0.2) is 25.0 Å². The van der Waals surface area contributed by atoms with Crippen LogP contribution in [0.1, 0.15) is 25.5 Å². The van der Waals surface area contributed by atoms with Crippen LogP contribution in [0, 0.1) is 11.8 Å². The Hall–Kier alpha value is -0.510. The smallest absolute Gasteiger partial charge is 0.0479 e. The maximum atomic E-state index is 9.52. The Labute approximate surface area is 109 Å². The average Bonchev–Trinajstić information content (AvgIpc) is 2.35. The standard InChI is InChI=1S/C14H23NOS/c1-10(2)13(9-16)14(15-3)11-5-7-12(17-4)8-6-11/h5-8,10,13-16H,9H2,1-4H3. The first-order valence-electron chi connectivity index (χ1n) is 6.06. The second-order valence-electron chi connectivity index (χ2n) is 4.63. The molecule has 1 aromatic rings. The lowest BCUT2D eigenvalue weighted by Crippen LogP contribution is -2.31. The highest BCUT2D eigenvalue weighted by molar-refractivity contribution is 7.98. The lowest BCUT2D eigenvalue weighted by Gasteiger charge is -2.29. The fourth-order valence-corrected chi connectivity index (χ4v) is 2.55. The van der Waals surface area contributed by atoms with E-state index in [4.69, 9.17) is 0 Å². The fraction of sp³-hybridized carbons (Fsp3) is 0.571. The van der Waals surface area contributed by atoms with Crippen molar-refractivity contribution in [1.29, 1.82) is 0 Å². The van der Waals surface area contributed by atoms with Crippen LogP contribution in [0.3, 0.4) is 0 Å². The largest absolute Gasteiger partial charge is 0.396 e. The van der Waals surface area contributed by atoms with Gasteiger partial charge >= 0.3 is 0 Å². The Morgan fingerprint density at radius 1 is 1.24 bits per heavy atom. The van der Waals surface area contributed by atoms with E-state index in [0.29, 0.717) is 5.92 Å². The van der Waals surface area contributed by atoms with Crippen molar-refractivity contribution >= 4 is 11.8 Å². The summed E-state index contributed by atoms with van der Waals surface area (Å²) in [5, 5.41) is 12.8. The summed E-state index contributed by atoms with van der Waals surface area (Å²) in [4.78, 5) is 1.27. The minimum absolute atomic E-state index is 0.216. The minimum atomic E-state index is 0.216. The van der Waals surface area contributed by atoms with Gasteiger partial charge in [0, 0.05) is 23.5 Å². The molecular formula is C14H23NOS. The molecule has 0 saturated heterocycles. The molecule has 0 aromatic heterocycles. The summed E-state index contributed by atoms with van der Waals surface area (Å²) in [5.41, 5.74) is 1.25. The van der Waals surface area contributed by atoms with Crippen molar-refractivity contribution in [3.8, 4) is 0 Å². The highest BCUT2D eigenvalue weighted by Gasteiger charge is 2.23. The first kappa shape index (κ1) is 14.6. The molecule has 0 aliphatic carbocycles. The van der Waals surface area contributed by atoms with Crippen LogP contribution in [-0.2, 0) is 0 Å². The van der Waals surface area contributed by atoms with Gasteiger partial charge in [0.05, 0.1) is 0 Å². The topological polar surface area (TPSA) is 32.3 Å². The number of rotatable bonds is 6. The highest BCUT2D eigenvalue weighted by Crippen LogP contribution is 2.28. The van der Waals surface area contributed by atoms with Gasteiger partial charge in [-0.1, -0.05) is 26.0 Å². The molecule has 3 heteroatoms. The number of hydrogen-bond donors (Lipinski definition) is 2. The van der Waals surface area contributed by atoms with Crippen molar-refractivity contribution in [3.05, 3.63) is 29.8 Å². The van der Waals surface area contributed by atoms with E-state index in [9.17, 15) is 5.11 Å². The Kier molecular flexibility index (Phi) is 6.03. The van der Waals surface area contributed by atoms with Crippen molar-refractivity contribution in [3.63, 3.8) is 0 Å². The molecule has 0 fully saturated rings. The average molecular weight is 253 g/mol. The number of hydrogen-bond acceptors (Lipinski definition) is 3. The summed E-state index contributed by atoms with van der Waals surface area (Å²) >= 11 is 1.75. The Bertz CT molecular complexity index is 323. The predicted octanol–water partition coefficient (Wildman–Crippen LogP) is 2.93. The van der Waals surface area contributed by atoms with Gasteiger partial charge in [0.15, 0.2) is 0 Å². The van der Waals surface area contributed by atoms with Crippen LogP contribution in [0.4, 0.5) is 0 Å². The molecule has 2 unspecified atom stereocenters. The van der Waals surface area contributed by atoms with Gasteiger partial charge in [-0.05, 0) is 36.9 Å². The second kappa shape index (κ2) is 7.04. The molecule has 1 rings (SSSR count). The lowest BCUT2D eigenvalue weighted by molar-refractivity contribution is 0.154. The van der Waals surface area contributed by atoms with E-state index in [-0.39, 0.29) is 18.6 Å². The maximum Gasteiger partial charge on any atom is 0.0479 e. The molecule has 0 saturated carbocycles. The molecule has 0 bridgehead atoms. The normalized spacial score (nSPS) is 14.9. The molecule has 0 heterocycles. The first-order valence-corrected chi connectivity index (χ1v) is 7.28. The Morgan fingerprint density at radius 3 is 2.18 bits per heavy atom. The quantitative estimate of drug-likeness (QED) is 0.765. The minimum Gasteiger partial charge on any atom is -0.396 e. The number of thioether (sulfide) groups is 1. The van der Waals surface area contributed by atoms with E-state index in [0.717, 1.165) is 0 Å². The number of benzene rings is 1. The molecule has 1 aromatic carbocycles. The zero-order chi connectivity index (χ0) is 12.8. The molecule has 0 amide bonds. The van der Waals surface area contributed by atoms with Crippen LogP contribution < -0.4 is 5.32 Å². The summed E-state index contributed by atoms with van der Waals surface area (Å²) in [7, 11) is 1.96. The molecule has 2 nitrogen and oxygen atoms in total.